The minimum atomic E-state index is -1.62. The maximum atomic E-state index is 14.1. The molecule has 14 rings (SSSR count). The molecule has 8 unspecified atom stereocenters. The third kappa shape index (κ3) is 17.8. The second kappa shape index (κ2) is 38.5. The zero-order chi connectivity index (χ0) is 97.2. The van der Waals surface area contributed by atoms with E-state index in [0.717, 1.165) is 122 Å². The normalized spacial score (nSPS) is 48.2. The third-order valence-corrected chi connectivity index (χ3v) is 36.7. The van der Waals surface area contributed by atoms with Gasteiger partial charge in [0.2, 0.25) is 0 Å². The predicted molar refractivity (Wildman–Crippen MR) is 464 cm³/mol. The van der Waals surface area contributed by atoms with Crippen molar-refractivity contribution >= 4 is 53.7 Å². The molecule has 0 aromatic rings. The van der Waals surface area contributed by atoms with Crippen LogP contribution in [-0.4, -0.2) is 239 Å². The molecule has 31 heteroatoms. The van der Waals surface area contributed by atoms with E-state index >= 15 is 0 Å². The summed E-state index contributed by atoms with van der Waals surface area (Å²) in [6, 6.07) is 0. The molecule has 14 aliphatic rings. The lowest BCUT2D eigenvalue weighted by Gasteiger charge is -2.73. The van der Waals surface area contributed by atoms with Gasteiger partial charge in [-0.15, -0.1) is 0 Å². The van der Waals surface area contributed by atoms with Crippen molar-refractivity contribution in [2.75, 3.05) is 26.4 Å². The number of carboxylic acid groups (broad SMARTS) is 1. The van der Waals surface area contributed by atoms with Gasteiger partial charge in [-0.05, 0) is 248 Å². The Morgan fingerprint density at radius 1 is 0.403 bits per heavy atom. The van der Waals surface area contributed by atoms with Gasteiger partial charge in [0, 0.05) is 62.0 Å². The molecule has 0 bridgehead atoms. The van der Waals surface area contributed by atoms with Crippen LogP contribution in [0.1, 0.15) is 278 Å². The SMILES string of the molecule is C=C(C)[C@@H]1CC[C@]2(C(=O)O)CC[C@]3(C)C(CCC4[C@@]5(C)CC[C@H](O[C@@H]6OC[C@H](O)[C@H](O)[C@H]6O[C@@H]6O[C@@H](C)[C@H](O)[C@@H](O)[C@H]6O)[C@@](C)(CO)C5CC[C@]43C)C12.C=C(C)[C@@H]1CC[C@]2(C(=O)OC(C)=O)CC[C@]3(C)C(CCC4[C@@]5(C)CC[C@H](O[C@@H]6OC[C@H](OC(C)=O)[C@H](OC(C)=O)[C@H]6O[C@@H]6O[C@@H](C)[C@H](OC(C)=O)[C@@H](OC(C)=O)[C@H]6OC(C)=O)[C@@](C)(COC(C)=O)C5CC[C@]43C)C12.[2H]C.[2H]C. The predicted octanol–water partition coefficient (Wildman–Crippen LogP) is 11.5. The quantitative estimate of drug-likeness (QED) is 0.0196. The van der Waals surface area contributed by atoms with Gasteiger partial charge in [-0.3, -0.25) is 43.2 Å². The molecule has 0 radical (unpaired) electrons. The molecule has 0 amide bonds. The van der Waals surface area contributed by atoms with E-state index in [1.54, 1.807) is 6.92 Å². The van der Waals surface area contributed by atoms with Crippen LogP contribution in [0.2, 0.25) is 0 Å². The van der Waals surface area contributed by atoms with E-state index in [9.17, 15) is 78.9 Å². The van der Waals surface area contributed by atoms with E-state index in [-0.39, 0.29) is 106 Å². The van der Waals surface area contributed by atoms with Crippen LogP contribution in [0.5, 0.6) is 0 Å². The number of aliphatic hydroxyl groups is 6. The molecule has 10 aliphatic carbocycles. The molecule has 4 saturated heterocycles. The van der Waals surface area contributed by atoms with Crippen molar-refractivity contribution in [3.8, 4) is 0 Å². The lowest BCUT2D eigenvalue weighted by atomic mass is 9.32. The van der Waals surface area contributed by atoms with Crippen molar-refractivity contribution in [1.82, 2.24) is 0 Å². The molecule has 7 N–H and O–H groups in total. The summed E-state index contributed by atoms with van der Waals surface area (Å²) in [5.41, 5.74) is -1.58. The Labute approximate surface area is 764 Å². The number of ether oxygens (including phenoxy) is 15. The molecule has 14 fully saturated rings. The van der Waals surface area contributed by atoms with E-state index < -0.39 is 198 Å². The van der Waals surface area contributed by atoms with Crippen LogP contribution in [0, 0.1) is 113 Å². The first kappa shape index (κ1) is 101. The van der Waals surface area contributed by atoms with Gasteiger partial charge in [-0.1, -0.05) is 94.5 Å². The highest BCUT2D eigenvalue weighted by Crippen LogP contribution is 2.80. The number of carbonyl (C=O) groups excluding carboxylic acids is 8. The number of hydrogen-bond donors (Lipinski definition) is 7. The Kier molecular flexibility index (Phi) is 30.1. The van der Waals surface area contributed by atoms with Crippen LogP contribution in [0.15, 0.2) is 24.3 Å². The van der Waals surface area contributed by atoms with Crippen LogP contribution in [0.3, 0.4) is 0 Å². The van der Waals surface area contributed by atoms with Crippen molar-refractivity contribution in [3.63, 3.8) is 0 Å². The minimum absolute atomic E-state index is 0.000793. The summed E-state index contributed by atoms with van der Waals surface area (Å²) in [4.78, 5) is 115. The fraction of sp³-hybridized carbons (Fsp3) is 0.867. The number of carbonyl (C=O) groups is 9. The smallest absolute Gasteiger partial charge is 0.320 e. The maximum absolute atomic E-state index is 14.1. The lowest BCUT2D eigenvalue weighted by molar-refractivity contribution is -0.367. The number of hydrogen-bond acceptors (Lipinski definition) is 30. The summed E-state index contributed by atoms with van der Waals surface area (Å²) in [7, 11) is 2.50. The molecule has 31 nitrogen and oxygen atoms in total. The molecule has 0 aromatic heterocycles. The Morgan fingerprint density at radius 2 is 0.853 bits per heavy atom. The number of aliphatic hydroxyl groups excluding tert-OH is 6. The molecule has 10 saturated carbocycles. The zero-order valence-corrected chi connectivity index (χ0v) is 80.1. The first-order chi connectivity index (χ1) is 61.3. The second-order valence-corrected chi connectivity index (χ2v) is 43.1. The summed E-state index contributed by atoms with van der Waals surface area (Å²) in [5, 5.41) is 74.9. The summed E-state index contributed by atoms with van der Waals surface area (Å²) in [6.07, 6.45) is -9.43. The summed E-state index contributed by atoms with van der Waals surface area (Å²) >= 11 is 0. The highest BCUT2D eigenvalue weighted by atomic mass is 16.8. The lowest BCUT2D eigenvalue weighted by Crippen LogP contribution is -2.68. The minimum Gasteiger partial charge on any atom is -0.481 e. The molecule has 40 atom stereocenters. The van der Waals surface area contributed by atoms with Crippen LogP contribution >= 0.6 is 0 Å². The molecule has 0 spiro atoms. The van der Waals surface area contributed by atoms with Crippen molar-refractivity contribution in [1.29, 1.82) is 0 Å². The van der Waals surface area contributed by atoms with Crippen LogP contribution in [0.25, 0.3) is 0 Å². The number of aliphatic carboxylic acids is 1. The topological polar surface area (TPSA) is 434 Å². The number of allylic oxidation sites excluding steroid dienone is 2. The van der Waals surface area contributed by atoms with Gasteiger partial charge in [0.1, 0.15) is 36.6 Å². The molecule has 4 aliphatic heterocycles. The van der Waals surface area contributed by atoms with E-state index in [4.69, 9.17) is 73.8 Å². The molecular weight excluding hydrogens is 1670 g/mol. The molecular formula is C98H154O31. The Morgan fingerprint density at radius 3 is 1.35 bits per heavy atom. The fourth-order valence-corrected chi connectivity index (χ4v) is 30.5. The highest BCUT2D eigenvalue weighted by molar-refractivity contribution is 5.88. The third-order valence-electron chi connectivity index (χ3n) is 36.7. The van der Waals surface area contributed by atoms with Gasteiger partial charge in [-0.2, -0.15) is 0 Å². The average molecular weight is 1830 g/mol. The van der Waals surface area contributed by atoms with Gasteiger partial charge >= 0.3 is 53.7 Å². The van der Waals surface area contributed by atoms with Crippen LogP contribution < -0.4 is 0 Å². The van der Waals surface area contributed by atoms with Crippen molar-refractivity contribution in [2.45, 2.75) is 398 Å². The van der Waals surface area contributed by atoms with Gasteiger partial charge < -0.3 is 107 Å². The molecule has 732 valence electrons. The largest absolute Gasteiger partial charge is 0.481 e. The van der Waals surface area contributed by atoms with Crippen molar-refractivity contribution < 1.29 is 153 Å². The first-order valence-electron chi connectivity index (χ1n) is 48.8. The van der Waals surface area contributed by atoms with Crippen LogP contribution in [0.4, 0.5) is 0 Å². The Hall–Kier alpha value is -5.65. The fourth-order valence-electron chi connectivity index (χ4n) is 30.5. The number of carboxylic acids is 1. The van der Waals surface area contributed by atoms with Gasteiger partial charge in [-0.25, -0.2) is 0 Å². The Bertz CT molecular complexity index is 4150. The first-order valence-corrected chi connectivity index (χ1v) is 46.8. The van der Waals surface area contributed by atoms with Gasteiger partial charge in [0.15, 0.2) is 61.8 Å². The maximum Gasteiger partial charge on any atom is 0.320 e. The molecule has 0 aromatic carbocycles. The monoisotopic (exact) mass is 1830 g/mol. The van der Waals surface area contributed by atoms with Gasteiger partial charge in [0.05, 0.1) is 61.7 Å². The van der Waals surface area contributed by atoms with E-state index in [2.05, 4.69) is 82.4 Å². The highest BCUT2D eigenvalue weighted by Gasteiger charge is 2.76. The number of esters is 8. The average Bonchev–Trinajstić information content (AvgIpc) is 1.61. The van der Waals surface area contributed by atoms with E-state index in [1.165, 1.54) is 49.4 Å². The van der Waals surface area contributed by atoms with Crippen molar-refractivity contribution in [2.24, 2.45) is 113 Å². The summed E-state index contributed by atoms with van der Waals surface area (Å²) in [5.74, 6) is -4.30. The number of rotatable bonds is 20. The van der Waals surface area contributed by atoms with Crippen LogP contribution in [-0.2, 0) is 114 Å². The summed E-state index contributed by atoms with van der Waals surface area (Å²) in [6.45, 7) is 42.6. The molecule has 129 heavy (non-hydrogen) atoms. The second-order valence-electron chi connectivity index (χ2n) is 43.1. The molecule has 4 heterocycles. The van der Waals surface area contributed by atoms with E-state index in [1.807, 2.05) is 0 Å². The zero-order valence-electron chi connectivity index (χ0n) is 82.1. The Balaban J connectivity index is 0.000000256. The summed E-state index contributed by atoms with van der Waals surface area (Å²) < 4.78 is 102. The van der Waals surface area contributed by atoms with E-state index in [0.29, 0.717) is 50.4 Å². The number of fused-ring (bicyclic) bond motifs is 14. The van der Waals surface area contributed by atoms with Crippen molar-refractivity contribution in [3.05, 3.63) is 24.3 Å². The van der Waals surface area contributed by atoms with Gasteiger partial charge in [0.25, 0.3) is 0 Å². The standard InChI is InChI=1S/C55H80O19.C41H66O12.2CH4/c1-27(2)36-17-22-55(50(63)72-35(10)62)24-23-53(13)37(42(36)55)15-16-40-51(11)20-19-41(52(12,26-65-29(4)56)39(51)18-21-54(40,53)14)73-48-46(44(69-32(7)59)38(25-64-48)67-30(5)57)74-49-47(71-34(9)61)45(70-33(8)60)43(28(3)66-49)68-31(6)58;1-20(2)22-10-15-41(36(48)49)17-16-39(6)23(28(22)41)8-9-26-37(4)13-12-27(38(5,19-42)25(37)11-14-40(26,39)7)52-35-33(30(45)24(43)18-50-35)53-34-32(47)31(46)29(44)21(3)51-34;;/h28,36-49H,1,15-26H2,2-14H3;21-35,42-47H,1,8-19H2,2-7H3,(H,48,49);2*1H4/t28-,36-,37?,38-,39?,40?,41-,42?,43-,44-,45+,46+,47+,48-,49-,51-,52-,53+,54+,55-;21-,22-,23?,24-,25?,26?,27-,28?,29-,30-,31+,32+,33+,34-,35-,37-,38-,39+,40+,41-;;/m00../s1/i;;2*1D.